The number of halogens is 1. The van der Waals surface area contributed by atoms with Crippen molar-refractivity contribution in [3.05, 3.63) is 82.3 Å². The van der Waals surface area contributed by atoms with Crippen LogP contribution in [0.4, 0.5) is 0 Å². The SMILES string of the molecule is COP(=O)(c1cc(C)cc(C#N)c1)c1c(C(=O)NCC2=C[NH+](O)NC=C2)[nH]c2ccc(Cl)cc12. The summed E-state index contributed by atoms with van der Waals surface area (Å²) in [6, 6.07) is 11.9. The van der Waals surface area contributed by atoms with Crippen LogP contribution in [-0.2, 0) is 9.09 Å². The molecular formula is C23H22ClN5O4P+. The predicted octanol–water partition coefficient (Wildman–Crippen LogP) is 1.80. The highest BCUT2D eigenvalue weighted by Gasteiger charge is 2.36. The van der Waals surface area contributed by atoms with E-state index in [9.17, 15) is 19.8 Å². The smallest absolute Gasteiger partial charge is 0.268 e. The van der Waals surface area contributed by atoms with E-state index in [-0.39, 0.29) is 22.7 Å². The standard InChI is InChI=1S/C23H21ClN5O4P/c1-14-7-16(11-25)9-18(8-14)34(32,33-2)22-19-10-17(24)3-4-20(19)28-21(22)23(30)26-12-15-5-6-27-29(31)13-15/h3-10,13,27-28,31H,12H2,1-2H3,(H,26,30)/p+1. The van der Waals surface area contributed by atoms with Crippen molar-refractivity contribution >= 4 is 46.4 Å². The summed E-state index contributed by atoms with van der Waals surface area (Å²) in [7, 11) is -2.52. The van der Waals surface area contributed by atoms with E-state index in [2.05, 4.69) is 21.8 Å². The number of H-pyrrole nitrogens is 1. The minimum absolute atomic E-state index is 0.0377. The summed E-state index contributed by atoms with van der Waals surface area (Å²) in [6.07, 6.45) is 4.75. The van der Waals surface area contributed by atoms with Gasteiger partial charge in [0, 0.05) is 40.5 Å². The first kappa shape index (κ1) is 23.8. The lowest BCUT2D eigenvalue weighted by molar-refractivity contribution is -1.08. The predicted molar refractivity (Wildman–Crippen MR) is 129 cm³/mol. The van der Waals surface area contributed by atoms with E-state index in [4.69, 9.17) is 16.1 Å². The Balaban J connectivity index is 1.85. The second kappa shape index (κ2) is 9.47. The maximum atomic E-state index is 14.4. The number of hydrogen-bond acceptors (Lipinski definition) is 6. The first-order valence-electron chi connectivity index (χ1n) is 10.2. The van der Waals surface area contributed by atoms with Crippen LogP contribution in [0.3, 0.4) is 0 Å². The van der Waals surface area contributed by atoms with Gasteiger partial charge in [-0.1, -0.05) is 16.8 Å². The van der Waals surface area contributed by atoms with E-state index < -0.39 is 13.3 Å². The zero-order chi connectivity index (χ0) is 24.5. The second-order valence-corrected chi connectivity index (χ2v) is 10.6. The monoisotopic (exact) mass is 498 g/mol. The van der Waals surface area contributed by atoms with Crippen LogP contribution in [-0.4, -0.2) is 29.8 Å². The quantitative estimate of drug-likeness (QED) is 0.329. The van der Waals surface area contributed by atoms with E-state index >= 15 is 0 Å². The van der Waals surface area contributed by atoms with E-state index in [1.807, 2.05) is 0 Å². The number of aryl methyl sites for hydroxylation is 1. The van der Waals surface area contributed by atoms with E-state index in [0.717, 1.165) is 5.56 Å². The van der Waals surface area contributed by atoms with Crippen LogP contribution in [0, 0.1) is 18.3 Å². The molecule has 1 aromatic heterocycles. The third-order valence-electron chi connectivity index (χ3n) is 5.35. The van der Waals surface area contributed by atoms with E-state index in [0.29, 0.717) is 32.4 Å². The Morgan fingerprint density at radius 2 is 2.12 bits per heavy atom. The van der Waals surface area contributed by atoms with Crippen LogP contribution in [0.25, 0.3) is 10.9 Å². The third kappa shape index (κ3) is 4.50. The van der Waals surface area contributed by atoms with E-state index in [1.54, 1.807) is 49.5 Å². The molecule has 1 aliphatic heterocycles. The van der Waals surface area contributed by atoms with Crippen molar-refractivity contribution in [2.45, 2.75) is 6.92 Å². The molecule has 4 rings (SSSR count). The third-order valence-corrected chi connectivity index (χ3v) is 8.09. The number of carbonyl (C=O) groups excluding carboxylic acids is 1. The van der Waals surface area contributed by atoms with Gasteiger partial charge in [0.05, 0.1) is 23.1 Å². The van der Waals surface area contributed by atoms with Crippen LogP contribution >= 0.6 is 19.0 Å². The summed E-state index contributed by atoms with van der Waals surface area (Å²) in [5.41, 5.74) is 4.98. The molecule has 5 N–H and O–H groups in total. The molecule has 2 aromatic carbocycles. The fourth-order valence-corrected chi connectivity index (χ4v) is 6.28. The number of rotatable bonds is 6. The van der Waals surface area contributed by atoms with Gasteiger partial charge in [0.1, 0.15) is 5.69 Å². The maximum absolute atomic E-state index is 14.4. The molecule has 1 aliphatic rings. The van der Waals surface area contributed by atoms with Gasteiger partial charge >= 0.3 is 0 Å². The highest BCUT2D eigenvalue weighted by Crippen LogP contribution is 2.47. The van der Waals surface area contributed by atoms with Crippen molar-refractivity contribution in [2.24, 2.45) is 0 Å². The molecule has 0 saturated heterocycles. The lowest BCUT2D eigenvalue weighted by Gasteiger charge is -2.19. The lowest BCUT2D eigenvalue weighted by atomic mass is 10.2. The number of nitrogens with one attached hydrogen (secondary N) is 4. The fourth-order valence-electron chi connectivity index (χ4n) is 3.82. The molecule has 0 spiro atoms. The Bertz CT molecular complexity index is 1440. The lowest BCUT2D eigenvalue weighted by Crippen LogP contribution is -3.11. The van der Waals surface area contributed by atoms with Crippen molar-refractivity contribution in [1.29, 1.82) is 5.26 Å². The zero-order valence-electron chi connectivity index (χ0n) is 18.3. The van der Waals surface area contributed by atoms with Gasteiger partial charge in [0.2, 0.25) is 0 Å². The summed E-state index contributed by atoms with van der Waals surface area (Å²) in [4.78, 5) is 16.3. The summed E-state index contributed by atoms with van der Waals surface area (Å²) in [5.74, 6) is -0.514. The van der Waals surface area contributed by atoms with Gasteiger partial charge in [-0.25, -0.2) is 5.43 Å². The zero-order valence-corrected chi connectivity index (χ0v) is 20.0. The molecule has 11 heteroatoms. The Kier molecular flexibility index (Phi) is 6.62. The molecule has 1 amide bonds. The Morgan fingerprint density at radius 3 is 2.82 bits per heavy atom. The van der Waals surface area contributed by atoms with Crippen LogP contribution in [0.5, 0.6) is 0 Å². The normalized spacial score (nSPS) is 16.9. The molecule has 9 nitrogen and oxygen atoms in total. The number of nitriles is 1. The Hall–Kier alpha value is -3.38. The number of hydrogen-bond donors (Lipinski definition) is 5. The summed E-state index contributed by atoms with van der Waals surface area (Å²) >= 11 is 6.23. The molecule has 0 saturated carbocycles. The molecule has 0 aliphatic carbocycles. The van der Waals surface area contributed by atoms with Crippen LogP contribution < -0.4 is 26.5 Å². The molecule has 0 bridgehead atoms. The van der Waals surface area contributed by atoms with Gasteiger partial charge in [0.25, 0.3) is 13.3 Å². The highest BCUT2D eigenvalue weighted by atomic mass is 35.5. The van der Waals surface area contributed by atoms with E-state index in [1.165, 1.54) is 19.4 Å². The molecule has 0 radical (unpaired) electrons. The number of carbonyl (C=O) groups is 1. The number of aromatic nitrogens is 1. The summed E-state index contributed by atoms with van der Waals surface area (Å²) in [5, 5.41) is 23.1. The summed E-state index contributed by atoms with van der Waals surface area (Å²) in [6.45, 7) is 1.91. The average Bonchev–Trinajstić information content (AvgIpc) is 3.21. The highest BCUT2D eigenvalue weighted by molar-refractivity contribution is 7.75. The average molecular weight is 499 g/mol. The van der Waals surface area contributed by atoms with Crippen LogP contribution in [0.2, 0.25) is 5.02 Å². The molecule has 2 heterocycles. The van der Waals surface area contributed by atoms with Crippen molar-refractivity contribution in [3.63, 3.8) is 0 Å². The Labute approximate surface area is 200 Å². The minimum Gasteiger partial charge on any atom is -0.350 e. The molecule has 0 fully saturated rings. The van der Waals surface area contributed by atoms with Gasteiger partial charge in [-0.3, -0.25) is 9.36 Å². The van der Waals surface area contributed by atoms with Gasteiger partial charge in [-0.2, -0.15) is 10.5 Å². The van der Waals surface area contributed by atoms with Gasteiger partial charge in [-0.15, -0.1) is 0 Å². The Morgan fingerprint density at radius 1 is 1.32 bits per heavy atom. The molecule has 174 valence electrons. The largest absolute Gasteiger partial charge is 0.350 e. The maximum Gasteiger partial charge on any atom is 0.268 e. The molecular weight excluding hydrogens is 477 g/mol. The first-order chi connectivity index (χ1) is 16.2. The fraction of sp³-hybridized carbons (Fsp3) is 0.130. The van der Waals surface area contributed by atoms with Crippen LogP contribution in [0.15, 0.2) is 60.4 Å². The molecule has 2 atom stereocenters. The van der Waals surface area contributed by atoms with Crippen molar-refractivity contribution in [1.82, 2.24) is 15.7 Å². The number of quaternary nitrogens is 1. The van der Waals surface area contributed by atoms with Crippen molar-refractivity contribution < 1.29 is 24.3 Å². The molecule has 34 heavy (non-hydrogen) atoms. The number of nitrogens with zero attached hydrogens (tertiary/aromatic N) is 1. The molecule has 2 unspecified atom stereocenters. The number of hydroxylamine groups is 1. The topological polar surface area (TPSA) is 132 Å². The van der Waals surface area contributed by atoms with Crippen LogP contribution in [0.1, 0.15) is 21.6 Å². The molecule has 3 aromatic rings. The minimum atomic E-state index is -3.83. The number of aromatic amines is 1. The van der Waals surface area contributed by atoms with Gasteiger partial charge < -0.3 is 14.8 Å². The number of benzene rings is 2. The van der Waals surface area contributed by atoms with Crippen molar-refractivity contribution in [3.8, 4) is 6.07 Å². The van der Waals surface area contributed by atoms with Gasteiger partial charge in [-0.05, 0) is 55.0 Å². The second-order valence-electron chi connectivity index (χ2n) is 7.71. The van der Waals surface area contributed by atoms with Gasteiger partial charge in [0.15, 0.2) is 6.20 Å². The first-order valence-corrected chi connectivity index (χ1v) is 12.2. The van der Waals surface area contributed by atoms with Crippen molar-refractivity contribution in [2.75, 3.05) is 13.7 Å². The summed E-state index contributed by atoms with van der Waals surface area (Å²) < 4.78 is 20.0. The number of amides is 1. The number of fused-ring (bicyclic) bond motifs is 1.